The molecule has 0 spiro atoms. The molecule has 2 aromatic heterocycles. The molecule has 166 valence electrons. The number of benzene rings is 2. The number of rotatable bonds is 8. The molecule has 0 bridgehead atoms. The minimum atomic E-state index is -0.190. The van der Waals surface area contributed by atoms with Gasteiger partial charge in [0.2, 0.25) is 0 Å². The van der Waals surface area contributed by atoms with Gasteiger partial charge >= 0.3 is 0 Å². The van der Waals surface area contributed by atoms with Crippen LogP contribution in [0.1, 0.15) is 28.0 Å². The number of anilines is 1. The summed E-state index contributed by atoms with van der Waals surface area (Å²) in [5.41, 5.74) is 11.1. The zero-order chi connectivity index (χ0) is 23.0. The number of aromatic nitrogens is 3. The van der Waals surface area contributed by atoms with Crippen LogP contribution in [0.25, 0.3) is 11.3 Å². The van der Waals surface area contributed by atoms with Gasteiger partial charge in [-0.15, -0.1) is 0 Å². The van der Waals surface area contributed by atoms with Crippen LogP contribution in [0.2, 0.25) is 0 Å². The number of aliphatic imine (C=N–C) groups is 1. The number of nitrogens with one attached hydrogen (secondary N) is 2. The van der Waals surface area contributed by atoms with E-state index in [2.05, 4.69) is 47.9 Å². The number of aromatic amines is 1. The number of H-pyrrole nitrogens is 1. The number of carbonyl (C=O) groups excluding carboxylic acids is 1. The van der Waals surface area contributed by atoms with E-state index in [0.717, 1.165) is 38.9 Å². The van der Waals surface area contributed by atoms with Crippen LogP contribution in [0.4, 0.5) is 5.69 Å². The average molecular weight is 550 g/mol. The van der Waals surface area contributed by atoms with Crippen molar-refractivity contribution >= 4 is 40.0 Å². The van der Waals surface area contributed by atoms with Crippen molar-refractivity contribution in [1.82, 2.24) is 15.0 Å². The first-order chi connectivity index (χ1) is 16.1. The zero-order valence-corrected chi connectivity index (χ0v) is 20.0. The number of pyridine rings is 1. The van der Waals surface area contributed by atoms with Crippen molar-refractivity contribution in [1.29, 1.82) is 0 Å². The lowest BCUT2D eigenvalue weighted by molar-refractivity contribution is 0.102. The molecular formula is C25H23IN6O. The van der Waals surface area contributed by atoms with E-state index in [1.807, 2.05) is 54.7 Å². The quantitative estimate of drug-likeness (QED) is 0.128. The maximum Gasteiger partial charge on any atom is 0.255 e. The molecule has 2 heterocycles. The van der Waals surface area contributed by atoms with Crippen molar-refractivity contribution in [3.63, 3.8) is 0 Å². The number of imidazole rings is 1. The molecule has 7 nitrogen and oxygen atoms in total. The number of amides is 1. The standard InChI is InChI=1S/C25H23IN6O/c26-22-11-10-19(14-21(22)23-5-1-2-12-29-23)32-25(33)18-8-6-17(7-9-18)24(27)30-13-3-4-20-15-28-16-31-20/h1-2,5-12,14-16H,3-4,13H2,(H2,27,30)(H,28,31)(H,32,33). The van der Waals surface area contributed by atoms with E-state index in [0.29, 0.717) is 23.6 Å². The van der Waals surface area contributed by atoms with Gasteiger partial charge in [-0.25, -0.2) is 4.98 Å². The Balaban J connectivity index is 1.38. The van der Waals surface area contributed by atoms with Crippen molar-refractivity contribution in [2.75, 3.05) is 11.9 Å². The van der Waals surface area contributed by atoms with Gasteiger partial charge in [0, 0.05) is 50.6 Å². The van der Waals surface area contributed by atoms with Gasteiger partial charge in [-0.2, -0.15) is 0 Å². The van der Waals surface area contributed by atoms with Gasteiger partial charge in [-0.1, -0.05) is 18.2 Å². The highest BCUT2D eigenvalue weighted by atomic mass is 127. The number of amidine groups is 1. The minimum Gasteiger partial charge on any atom is -0.384 e. The first kappa shape index (κ1) is 22.7. The first-order valence-electron chi connectivity index (χ1n) is 10.5. The third kappa shape index (κ3) is 6.04. The molecule has 0 saturated carbocycles. The van der Waals surface area contributed by atoms with E-state index in [1.165, 1.54) is 0 Å². The van der Waals surface area contributed by atoms with E-state index in [4.69, 9.17) is 5.73 Å². The fourth-order valence-corrected chi connectivity index (χ4v) is 3.91. The first-order valence-corrected chi connectivity index (χ1v) is 11.6. The summed E-state index contributed by atoms with van der Waals surface area (Å²) in [5, 5.41) is 2.96. The summed E-state index contributed by atoms with van der Waals surface area (Å²) in [6.45, 7) is 0.624. The summed E-state index contributed by atoms with van der Waals surface area (Å²) < 4.78 is 1.06. The van der Waals surface area contributed by atoms with Gasteiger partial charge in [-0.05, 0) is 77.9 Å². The maximum absolute atomic E-state index is 12.8. The fourth-order valence-electron chi connectivity index (χ4n) is 3.30. The van der Waals surface area contributed by atoms with E-state index in [1.54, 1.807) is 24.7 Å². The highest BCUT2D eigenvalue weighted by Gasteiger charge is 2.10. The molecule has 0 unspecified atom stereocenters. The van der Waals surface area contributed by atoms with Gasteiger partial charge in [0.05, 0.1) is 12.0 Å². The lowest BCUT2D eigenvalue weighted by Crippen LogP contribution is -2.16. The molecule has 0 aliphatic carbocycles. The number of carbonyl (C=O) groups is 1. The Morgan fingerprint density at radius 3 is 2.64 bits per heavy atom. The van der Waals surface area contributed by atoms with Crippen molar-refractivity contribution in [3.8, 4) is 11.3 Å². The van der Waals surface area contributed by atoms with E-state index in [-0.39, 0.29) is 5.91 Å². The Hall–Kier alpha value is -3.53. The monoisotopic (exact) mass is 550 g/mol. The Kier molecular flexibility index (Phi) is 7.46. The zero-order valence-electron chi connectivity index (χ0n) is 17.8. The lowest BCUT2D eigenvalue weighted by Gasteiger charge is -2.10. The molecule has 0 saturated heterocycles. The second-order valence-corrected chi connectivity index (χ2v) is 8.55. The predicted octanol–water partition coefficient (Wildman–Crippen LogP) is 4.67. The molecule has 4 N–H and O–H groups in total. The van der Waals surface area contributed by atoms with Crippen LogP contribution in [0.3, 0.4) is 0 Å². The molecule has 4 aromatic rings. The molecule has 0 fully saturated rings. The van der Waals surface area contributed by atoms with Gasteiger partial charge in [-0.3, -0.25) is 14.8 Å². The number of nitrogens with two attached hydrogens (primary N) is 1. The van der Waals surface area contributed by atoms with Gasteiger partial charge in [0.1, 0.15) is 5.84 Å². The fraction of sp³-hybridized carbons (Fsp3) is 0.120. The Bertz CT molecular complexity index is 1240. The smallest absolute Gasteiger partial charge is 0.255 e. The van der Waals surface area contributed by atoms with E-state index >= 15 is 0 Å². The predicted molar refractivity (Wildman–Crippen MR) is 139 cm³/mol. The molecule has 0 aliphatic rings. The number of hydrogen-bond donors (Lipinski definition) is 3. The average Bonchev–Trinajstić information content (AvgIpc) is 3.37. The molecule has 0 atom stereocenters. The largest absolute Gasteiger partial charge is 0.384 e. The molecule has 0 radical (unpaired) electrons. The number of hydrogen-bond acceptors (Lipinski definition) is 4. The molecule has 2 aromatic carbocycles. The molecule has 8 heteroatoms. The molecule has 0 aliphatic heterocycles. The minimum absolute atomic E-state index is 0.190. The normalized spacial score (nSPS) is 11.4. The van der Waals surface area contributed by atoms with E-state index in [9.17, 15) is 4.79 Å². The summed E-state index contributed by atoms with van der Waals surface area (Å²) in [6.07, 6.45) is 6.98. The number of halogens is 1. The van der Waals surface area contributed by atoms with Crippen molar-refractivity contribution in [2.24, 2.45) is 10.7 Å². The molecular weight excluding hydrogens is 527 g/mol. The topological polar surface area (TPSA) is 109 Å². The summed E-state index contributed by atoms with van der Waals surface area (Å²) in [7, 11) is 0. The third-order valence-electron chi connectivity index (χ3n) is 5.05. The molecule has 4 rings (SSSR count). The molecule has 1 amide bonds. The van der Waals surface area contributed by atoms with Crippen molar-refractivity contribution < 1.29 is 4.79 Å². The van der Waals surface area contributed by atoms with E-state index < -0.39 is 0 Å². The number of nitrogens with zero attached hydrogens (tertiary/aromatic N) is 3. The molecule has 33 heavy (non-hydrogen) atoms. The second-order valence-electron chi connectivity index (χ2n) is 7.39. The maximum atomic E-state index is 12.8. The van der Waals surface area contributed by atoms with Crippen LogP contribution < -0.4 is 11.1 Å². The number of aryl methyl sites for hydroxylation is 1. The van der Waals surface area contributed by atoms with Crippen LogP contribution in [0, 0.1) is 3.57 Å². The SMILES string of the molecule is NC(=NCCCc1cnc[nH]1)c1ccc(C(=O)Nc2ccc(I)c(-c3ccccn3)c2)cc1. The Morgan fingerprint density at radius 1 is 1.09 bits per heavy atom. The van der Waals surface area contributed by atoms with Gasteiger partial charge in [0.15, 0.2) is 0 Å². The summed E-state index contributed by atoms with van der Waals surface area (Å²) in [5.74, 6) is 0.272. The van der Waals surface area contributed by atoms with Crippen molar-refractivity contribution in [3.05, 3.63) is 99.8 Å². The van der Waals surface area contributed by atoms with Crippen molar-refractivity contribution in [2.45, 2.75) is 12.8 Å². The third-order valence-corrected chi connectivity index (χ3v) is 5.99. The van der Waals surface area contributed by atoms with Gasteiger partial charge in [0.25, 0.3) is 5.91 Å². The van der Waals surface area contributed by atoms with Crippen LogP contribution in [-0.4, -0.2) is 33.2 Å². The van der Waals surface area contributed by atoms with Crippen LogP contribution in [-0.2, 0) is 6.42 Å². The summed E-state index contributed by atoms with van der Waals surface area (Å²) >= 11 is 2.27. The summed E-state index contributed by atoms with van der Waals surface area (Å²) in [4.78, 5) is 28.7. The van der Waals surface area contributed by atoms with Crippen LogP contribution in [0.5, 0.6) is 0 Å². The van der Waals surface area contributed by atoms with Gasteiger partial charge < -0.3 is 16.0 Å². The summed E-state index contributed by atoms with van der Waals surface area (Å²) in [6, 6.07) is 18.7. The Morgan fingerprint density at radius 2 is 1.91 bits per heavy atom. The Labute approximate surface area is 205 Å². The lowest BCUT2D eigenvalue weighted by atomic mass is 10.1. The second kappa shape index (κ2) is 10.9. The van der Waals surface area contributed by atoms with Crippen LogP contribution >= 0.6 is 22.6 Å². The highest BCUT2D eigenvalue weighted by molar-refractivity contribution is 14.1. The highest BCUT2D eigenvalue weighted by Crippen LogP contribution is 2.27. The van der Waals surface area contributed by atoms with Crippen LogP contribution in [0.15, 0.2) is 84.4 Å².